The lowest BCUT2D eigenvalue weighted by Crippen LogP contribution is -2.47. The van der Waals surface area contributed by atoms with Crippen molar-refractivity contribution in [2.75, 3.05) is 37.0 Å². The number of anilines is 2. The maximum Gasteiger partial charge on any atom is 0.321 e. The third-order valence-electron chi connectivity index (χ3n) is 5.09. The second-order valence-corrected chi connectivity index (χ2v) is 7.25. The Labute approximate surface area is 158 Å². The molecule has 2 fully saturated rings. The minimum absolute atomic E-state index is 0.0333. The molecule has 0 saturated carbocycles. The number of carboxylic acids is 1. The molecular weight excluding hydrogens is 350 g/mol. The van der Waals surface area contributed by atoms with Crippen LogP contribution in [-0.4, -0.2) is 54.7 Å². The van der Waals surface area contributed by atoms with Crippen LogP contribution in [0, 0.1) is 11.8 Å². The fourth-order valence-electron chi connectivity index (χ4n) is 3.78. The molecule has 0 spiro atoms. The Morgan fingerprint density at radius 3 is 2.70 bits per heavy atom. The van der Waals surface area contributed by atoms with Gasteiger partial charge in [0.25, 0.3) is 0 Å². The smallest absolute Gasteiger partial charge is 0.321 e. The van der Waals surface area contributed by atoms with E-state index in [4.69, 9.17) is 4.74 Å². The number of carboxylic acid groups (broad SMARTS) is 1. The average molecular weight is 375 g/mol. The van der Waals surface area contributed by atoms with Crippen LogP contribution in [0.1, 0.15) is 26.2 Å². The number of rotatable bonds is 4. The van der Waals surface area contributed by atoms with Crippen LogP contribution in [0.3, 0.4) is 0 Å². The van der Waals surface area contributed by atoms with Crippen LogP contribution in [0.4, 0.5) is 16.2 Å². The van der Waals surface area contributed by atoms with Crippen LogP contribution < -0.4 is 15.0 Å². The Bertz CT molecular complexity index is 751. The standard InChI is InChI=1S/C19H25N3O5/c1-12-8-13(18(24)25)11-21(10-12)19(26)20-14-5-6-16(27-2)15(9-14)22-7-3-4-17(22)23/h5-6,9,12-13H,3-4,7-8,10-11H2,1-2H3,(H,20,26)(H,24,25). The van der Waals surface area contributed by atoms with E-state index >= 15 is 0 Å². The number of urea groups is 1. The fourth-order valence-corrected chi connectivity index (χ4v) is 3.78. The van der Waals surface area contributed by atoms with E-state index in [9.17, 15) is 19.5 Å². The van der Waals surface area contributed by atoms with E-state index in [-0.39, 0.29) is 24.4 Å². The molecule has 2 aliphatic rings. The van der Waals surface area contributed by atoms with Crippen LogP contribution >= 0.6 is 0 Å². The van der Waals surface area contributed by atoms with Gasteiger partial charge in [0.05, 0.1) is 18.7 Å². The van der Waals surface area contributed by atoms with Gasteiger partial charge < -0.3 is 25.0 Å². The summed E-state index contributed by atoms with van der Waals surface area (Å²) in [6.45, 7) is 3.28. The third-order valence-corrected chi connectivity index (χ3v) is 5.09. The van der Waals surface area contributed by atoms with Gasteiger partial charge in [-0.15, -0.1) is 0 Å². The summed E-state index contributed by atoms with van der Waals surface area (Å²) in [4.78, 5) is 39.2. The van der Waals surface area contributed by atoms with Crippen molar-refractivity contribution in [3.63, 3.8) is 0 Å². The molecule has 3 rings (SSSR count). The predicted molar refractivity (Wildman–Crippen MR) is 100 cm³/mol. The Hall–Kier alpha value is -2.77. The van der Waals surface area contributed by atoms with Crippen molar-refractivity contribution in [3.8, 4) is 5.75 Å². The molecule has 1 aromatic carbocycles. The number of aliphatic carboxylic acids is 1. The van der Waals surface area contributed by atoms with Gasteiger partial charge in [0.1, 0.15) is 5.75 Å². The summed E-state index contributed by atoms with van der Waals surface area (Å²) < 4.78 is 5.35. The number of carbonyl (C=O) groups is 3. The van der Waals surface area contributed by atoms with Gasteiger partial charge in [-0.05, 0) is 37.0 Å². The van der Waals surface area contributed by atoms with Crippen LogP contribution in [0.25, 0.3) is 0 Å². The fraction of sp³-hybridized carbons (Fsp3) is 0.526. The molecule has 2 heterocycles. The normalized spacial score (nSPS) is 22.7. The highest BCUT2D eigenvalue weighted by molar-refractivity contribution is 5.98. The lowest BCUT2D eigenvalue weighted by Gasteiger charge is -2.34. The van der Waals surface area contributed by atoms with Gasteiger partial charge in [0.2, 0.25) is 5.91 Å². The summed E-state index contributed by atoms with van der Waals surface area (Å²) in [5.41, 5.74) is 1.17. The molecule has 8 heteroatoms. The summed E-state index contributed by atoms with van der Waals surface area (Å²) in [6, 6.07) is 4.82. The van der Waals surface area contributed by atoms with E-state index < -0.39 is 11.9 Å². The van der Waals surface area contributed by atoms with E-state index in [0.717, 1.165) is 6.42 Å². The first kappa shape index (κ1) is 19.0. The summed E-state index contributed by atoms with van der Waals surface area (Å²) in [5, 5.41) is 12.1. The van der Waals surface area contributed by atoms with Gasteiger partial charge in [-0.3, -0.25) is 9.59 Å². The quantitative estimate of drug-likeness (QED) is 0.842. The Balaban J connectivity index is 1.76. The number of ether oxygens (including phenoxy) is 1. The average Bonchev–Trinajstić information content (AvgIpc) is 3.06. The van der Waals surface area contributed by atoms with Crippen molar-refractivity contribution >= 4 is 29.3 Å². The molecule has 0 aliphatic carbocycles. The summed E-state index contributed by atoms with van der Waals surface area (Å²) >= 11 is 0. The number of nitrogens with one attached hydrogen (secondary N) is 1. The molecule has 3 amide bonds. The molecule has 2 N–H and O–H groups in total. The molecule has 2 aliphatic heterocycles. The zero-order chi connectivity index (χ0) is 19.6. The zero-order valence-corrected chi connectivity index (χ0v) is 15.6. The van der Waals surface area contributed by atoms with E-state index in [2.05, 4.69) is 5.32 Å². The zero-order valence-electron chi connectivity index (χ0n) is 15.6. The first-order valence-corrected chi connectivity index (χ1v) is 9.16. The number of amides is 3. The first-order valence-electron chi connectivity index (χ1n) is 9.16. The number of benzene rings is 1. The van der Waals surface area contributed by atoms with Crippen molar-refractivity contribution in [2.24, 2.45) is 11.8 Å². The molecule has 1 aromatic rings. The number of likely N-dealkylation sites (tertiary alicyclic amines) is 1. The maximum atomic E-state index is 12.6. The second kappa shape index (κ2) is 7.85. The van der Waals surface area contributed by atoms with Crippen molar-refractivity contribution < 1.29 is 24.2 Å². The molecule has 0 aromatic heterocycles. The van der Waals surface area contributed by atoms with E-state index in [0.29, 0.717) is 43.1 Å². The SMILES string of the molecule is COc1ccc(NC(=O)N2CC(C)CC(C(=O)O)C2)cc1N1CCCC1=O. The lowest BCUT2D eigenvalue weighted by atomic mass is 9.91. The van der Waals surface area contributed by atoms with E-state index in [1.807, 2.05) is 6.92 Å². The molecule has 146 valence electrons. The van der Waals surface area contributed by atoms with Gasteiger partial charge in [-0.2, -0.15) is 0 Å². The Kier molecular flexibility index (Phi) is 5.53. The number of hydrogen-bond acceptors (Lipinski definition) is 4. The highest BCUT2D eigenvalue weighted by Crippen LogP contribution is 2.34. The van der Waals surface area contributed by atoms with Gasteiger partial charge >= 0.3 is 12.0 Å². The highest BCUT2D eigenvalue weighted by atomic mass is 16.5. The van der Waals surface area contributed by atoms with Gasteiger partial charge in [-0.1, -0.05) is 6.92 Å². The number of methoxy groups -OCH3 is 1. The second-order valence-electron chi connectivity index (χ2n) is 7.25. The molecule has 8 nitrogen and oxygen atoms in total. The van der Waals surface area contributed by atoms with E-state index in [1.54, 1.807) is 30.2 Å². The lowest BCUT2D eigenvalue weighted by molar-refractivity contribution is -0.143. The molecule has 0 bridgehead atoms. The van der Waals surface area contributed by atoms with Crippen molar-refractivity contribution in [2.45, 2.75) is 26.2 Å². The minimum atomic E-state index is -0.876. The Morgan fingerprint density at radius 2 is 2.07 bits per heavy atom. The maximum absolute atomic E-state index is 12.6. The third kappa shape index (κ3) is 4.15. The number of carbonyl (C=O) groups excluding carboxylic acids is 2. The molecule has 27 heavy (non-hydrogen) atoms. The topological polar surface area (TPSA) is 99.2 Å². The summed E-state index contributed by atoms with van der Waals surface area (Å²) in [7, 11) is 1.54. The van der Waals surface area contributed by atoms with Crippen LogP contribution in [0.15, 0.2) is 18.2 Å². The molecule has 2 saturated heterocycles. The number of nitrogens with zero attached hydrogens (tertiary/aromatic N) is 2. The molecule has 2 unspecified atom stereocenters. The van der Waals surface area contributed by atoms with E-state index in [1.165, 1.54) is 4.90 Å². The van der Waals surface area contributed by atoms with Crippen LogP contribution in [-0.2, 0) is 9.59 Å². The van der Waals surface area contributed by atoms with Crippen molar-refractivity contribution in [1.82, 2.24) is 4.90 Å². The number of hydrogen-bond donors (Lipinski definition) is 2. The Morgan fingerprint density at radius 1 is 1.30 bits per heavy atom. The molecular formula is C19H25N3O5. The highest BCUT2D eigenvalue weighted by Gasteiger charge is 2.32. The molecule has 2 atom stereocenters. The molecule has 0 radical (unpaired) electrons. The minimum Gasteiger partial charge on any atom is -0.495 e. The largest absolute Gasteiger partial charge is 0.495 e. The monoisotopic (exact) mass is 375 g/mol. The van der Waals surface area contributed by atoms with Crippen molar-refractivity contribution in [1.29, 1.82) is 0 Å². The predicted octanol–water partition coefficient (Wildman–Crippen LogP) is 2.40. The summed E-state index contributed by atoms with van der Waals surface area (Å²) in [6.07, 6.45) is 1.87. The summed E-state index contributed by atoms with van der Waals surface area (Å²) in [5.74, 6) is -0.697. The van der Waals surface area contributed by atoms with Crippen LogP contribution in [0.5, 0.6) is 5.75 Å². The van der Waals surface area contributed by atoms with Gasteiger partial charge in [0, 0.05) is 31.7 Å². The van der Waals surface area contributed by atoms with Crippen LogP contribution in [0.2, 0.25) is 0 Å². The van der Waals surface area contributed by atoms with Gasteiger partial charge in [0.15, 0.2) is 0 Å². The van der Waals surface area contributed by atoms with Crippen molar-refractivity contribution in [3.05, 3.63) is 18.2 Å². The first-order chi connectivity index (χ1) is 12.9. The number of piperidine rings is 1. The van der Waals surface area contributed by atoms with Gasteiger partial charge in [-0.25, -0.2) is 4.79 Å².